The van der Waals surface area contributed by atoms with Crippen molar-refractivity contribution in [2.75, 3.05) is 13.2 Å². The summed E-state index contributed by atoms with van der Waals surface area (Å²) in [6.07, 6.45) is 0. The lowest BCUT2D eigenvalue weighted by molar-refractivity contribution is -0.147. The number of carbonyl (C=O) groups is 1. The molecule has 0 saturated carbocycles. The predicted octanol–water partition coefficient (Wildman–Crippen LogP) is 1.82. The van der Waals surface area contributed by atoms with E-state index < -0.39 is 0 Å². The van der Waals surface area contributed by atoms with Crippen LogP contribution in [0.3, 0.4) is 0 Å². The van der Waals surface area contributed by atoms with Gasteiger partial charge in [-0.3, -0.25) is 4.79 Å². The summed E-state index contributed by atoms with van der Waals surface area (Å²) in [6.45, 7) is 3.18. The van der Waals surface area contributed by atoms with Crippen LogP contribution in [0.1, 0.15) is 12.5 Å². The molecule has 17 heavy (non-hydrogen) atoms. The maximum absolute atomic E-state index is 11.5. The van der Waals surface area contributed by atoms with Crippen LogP contribution < -0.4 is 5.32 Å². The van der Waals surface area contributed by atoms with E-state index in [0.717, 1.165) is 12.3 Å². The first-order chi connectivity index (χ1) is 8.31. The summed E-state index contributed by atoms with van der Waals surface area (Å²) in [4.78, 5) is 11.5. The van der Waals surface area contributed by atoms with Gasteiger partial charge in [0.15, 0.2) is 0 Å². The van der Waals surface area contributed by atoms with Gasteiger partial charge in [0.25, 0.3) is 0 Å². The van der Waals surface area contributed by atoms with Crippen molar-refractivity contribution in [1.82, 2.24) is 5.32 Å². The monoisotopic (exact) mass is 251 g/mol. The minimum absolute atomic E-state index is 0.121. The van der Waals surface area contributed by atoms with Crippen molar-refractivity contribution in [1.29, 1.82) is 0 Å². The molecule has 1 heterocycles. The molecular formula is C13H17NO2S. The van der Waals surface area contributed by atoms with Crippen molar-refractivity contribution in [2.24, 2.45) is 0 Å². The van der Waals surface area contributed by atoms with E-state index in [0.29, 0.717) is 11.9 Å². The summed E-state index contributed by atoms with van der Waals surface area (Å²) >= 11 is 1.82. The smallest absolute Gasteiger partial charge is 0.324 e. The summed E-state index contributed by atoms with van der Waals surface area (Å²) in [6, 6.07) is 10.2. The Morgan fingerprint density at radius 1 is 1.47 bits per heavy atom. The van der Waals surface area contributed by atoms with Crippen molar-refractivity contribution in [3.05, 3.63) is 35.9 Å². The molecule has 3 nitrogen and oxygen atoms in total. The average molecular weight is 251 g/mol. The lowest BCUT2D eigenvalue weighted by Crippen LogP contribution is -2.60. The molecule has 1 N–H and O–H groups in total. The maximum atomic E-state index is 11.5. The lowest BCUT2D eigenvalue weighted by Gasteiger charge is -2.35. The van der Waals surface area contributed by atoms with Crippen LogP contribution in [-0.2, 0) is 15.3 Å². The van der Waals surface area contributed by atoms with Gasteiger partial charge < -0.3 is 10.1 Å². The highest BCUT2D eigenvalue weighted by Crippen LogP contribution is 2.25. The Labute approximate surface area is 106 Å². The van der Waals surface area contributed by atoms with Gasteiger partial charge >= 0.3 is 5.97 Å². The lowest BCUT2D eigenvalue weighted by atomic mass is 10.1. The van der Waals surface area contributed by atoms with Crippen LogP contribution in [0, 0.1) is 0 Å². The Hall–Kier alpha value is -1.00. The zero-order valence-corrected chi connectivity index (χ0v) is 10.7. The van der Waals surface area contributed by atoms with Crippen LogP contribution in [-0.4, -0.2) is 30.4 Å². The van der Waals surface area contributed by atoms with Crippen LogP contribution in [0.25, 0.3) is 0 Å². The fraction of sp³-hybridized carbons (Fsp3) is 0.462. The van der Waals surface area contributed by atoms with Crippen LogP contribution in [0.4, 0.5) is 0 Å². The molecule has 0 amide bonds. The number of benzene rings is 1. The minimum atomic E-state index is -0.122. The van der Waals surface area contributed by atoms with E-state index in [4.69, 9.17) is 4.74 Å². The van der Waals surface area contributed by atoms with E-state index in [9.17, 15) is 4.79 Å². The standard InChI is InChI=1S/C13H17NO2S/c1-2-16-13(15)12-11(8-14-12)17-9-10-6-4-3-5-7-10/h3-7,11-12,14H,2,8-9H2,1H3. The van der Waals surface area contributed by atoms with Crippen LogP contribution in [0.2, 0.25) is 0 Å². The van der Waals surface area contributed by atoms with E-state index in [2.05, 4.69) is 17.4 Å². The third-order valence-electron chi connectivity index (χ3n) is 2.76. The molecule has 0 aromatic heterocycles. The van der Waals surface area contributed by atoms with Crippen molar-refractivity contribution in [3.8, 4) is 0 Å². The molecule has 0 bridgehead atoms. The third kappa shape index (κ3) is 3.23. The second-order valence-corrected chi connectivity index (χ2v) is 5.20. The summed E-state index contributed by atoms with van der Waals surface area (Å²) in [5.74, 6) is 0.827. The average Bonchev–Trinajstić information content (AvgIpc) is 2.29. The molecule has 1 aliphatic rings. The fourth-order valence-electron chi connectivity index (χ4n) is 1.73. The van der Waals surface area contributed by atoms with E-state index in [-0.39, 0.29) is 12.0 Å². The molecule has 92 valence electrons. The minimum Gasteiger partial charge on any atom is -0.465 e. The van der Waals surface area contributed by atoms with Crippen molar-refractivity contribution in [2.45, 2.75) is 24.0 Å². The van der Waals surface area contributed by atoms with Crippen molar-refractivity contribution < 1.29 is 9.53 Å². The first kappa shape index (κ1) is 12.5. The third-order valence-corrected chi connectivity index (χ3v) is 4.13. The molecule has 0 spiro atoms. The molecule has 1 aromatic rings. The zero-order chi connectivity index (χ0) is 12.1. The molecule has 2 rings (SSSR count). The van der Waals surface area contributed by atoms with Gasteiger partial charge in [0.05, 0.1) is 6.61 Å². The van der Waals surface area contributed by atoms with Crippen molar-refractivity contribution >= 4 is 17.7 Å². The van der Waals surface area contributed by atoms with Gasteiger partial charge in [-0.1, -0.05) is 30.3 Å². The van der Waals surface area contributed by atoms with Crippen LogP contribution >= 0.6 is 11.8 Å². The predicted molar refractivity (Wildman–Crippen MR) is 69.9 cm³/mol. The Bertz CT molecular complexity index is 369. The Kier molecular flexibility index (Phi) is 4.45. The first-order valence-corrected chi connectivity index (χ1v) is 6.91. The number of ether oxygens (including phenoxy) is 1. The van der Waals surface area contributed by atoms with Crippen LogP contribution in [0.15, 0.2) is 30.3 Å². The SMILES string of the molecule is CCOC(=O)C1NCC1SCc1ccccc1. The van der Waals surface area contributed by atoms with Gasteiger partial charge in [0.2, 0.25) is 0 Å². The highest BCUT2D eigenvalue weighted by Gasteiger charge is 2.37. The molecule has 2 unspecified atom stereocenters. The molecule has 1 fully saturated rings. The molecule has 4 heteroatoms. The maximum Gasteiger partial charge on any atom is 0.324 e. The molecule has 0 aliphatic carbocycles. The molecular weight excluding hydrogens is 234 g/mol. The van der Waals surface area contributed by atoms with Gasteiger partial charge in [-0.15, -0.1) is 0 Å². The molecule has 1 saturated heterocycles. The van der Waals surface area contributed by atoms with Gasteiger partial charge in [-0.2, -0.15) is 11.8 Å². The van der Waals surface area contributed by atoms with E-state index in [1.807, 2.05) is 36.9 Å². The summed E-state index contributed by atoms with van der Waals surface area (Å²) in [7, 11) is 0. The highest BCUT2D eigenvalue weighted by atomic mass is 32.2. The number of nitrogens with one attached hydrogen (secondary N) is 1. The van der Waals surface area contributed by atoms with E-state index in [1.54, 1.807) is 0 Å². The Morgan fingerprint density at radius 3 is 2.82 bits per heavy atom. The molecule has 1 aliphatic heterocycles. The molecule has 1 aromatic carbocycles. The zero-order valence-electron chi connectivity index (χ0n) is 9.89. The number of rotatable bonds is 5. The summed E-state index contributed by atoms with van der Waals surface area (Å²) in [5.41, 5.74) is 1.30. The highest BCUT2D eigenvalue weighted by molar-refractivity contribution is 7.99. The Balaban J connectivity index is 1.78. The number of hydrogen-bond donors (Lipinski definition) is 1. The second-order valence-electron chi connectivity index (χ2n) is 3.97. The van der Waals surface area contributed by atoms with E-state index >= 15 is 0 Å². The molecule has 2 atom stereocenters. The number of thioether (sulfide) groups is 1. The summed E-state index contributed by atoms with van der Waals surface area (Å²) in [5, 5.41) is 3.46. The Morgan fingerprint density at radius 2 is 2.24 bits per heavy atom. The largest absolute Gasteiger partial charge is 0.465 e. The van der Waals surface area contributed by atoms with Crippen molar-refractivity contribution in [3.63, 3.8) is 0 Å². The number of esters is 1. The summed E-state index contributed by atoms with van der Waals surface area (Å²) < 4.78 is 5.01. The fourth-order valence-corrected chi connectivity index (χ4v) is 2.94. The number of carbonyl (C=O) groups excluding carboxylic acids is 1. The molecule has 0 radical (unpaired) electrons. The van der Waals surface area contributed by atoms with E-state index in [1.165, 1.54) is 5.56 Å². The normalized spacial score (nSPS) is 22.9. The first-order valence-electron chi connectivity index (χ1n) is 5.87. The van der Waals surface area contributed by atoms with Gasteiger partial charge in [-0.25, -0.2) is 0 Å². The topological polar surface area (TPSA) is 38.3 Å². The van der Waals surface area contributed by atoms with Gasteiger partial charge in [0, 0.05) is 17.5 Å². The quantitative estimate of drug-likeness (QED) is 0.810. The second kappa shape index (κ2) is 6.07. The van der Waals surface area contributed by atoms with Gasteiger partial charge in [0.1, 0.15) is 6.04 Å². The number of hydrogen-bond acceptors (Lipinski definition) is 4. The van der Waals surface area contributed by atoms with Crippen LogP contribution in [0.5, 0.6) is 0 Å². The van der Waals surface area contributed by atoms with Gasteiger partial charge in [-0.05, 0) is 12.5 Å².